The molecule has 1 aromatic heterocycles. The van der Waals surface area contributed by atoms with Gasteiger partial charge in [-0.2, -0.15) is 0 Å². The van der Waals surface area contributed by atoms with Crippen LogP contribution in [0.15, 0.2) is 67.3 Å². The topological polar surface area (TPSA) is 83.7 Å². The third-order valence-corrected chi connectivity index (χ3v) is 7.42. The molecule has 0 saturated heterocycles. The molecular weight excluding hydrogens is 517 g/mol. The second kappa shape index (κ2) is 12.4. The van der Waals surface area contributed by atoms with Crippen molar-refractivity contribution in [2.24, 2.45) is 5.73 Å². The molecule has 0 spiro atoms. The fourth-order valence-corrected chi connectivity index (χ4v) is 5.58. The Kier molecular flexibility index (Phi) is 8.96. The van der Waals surface area contributed by atoms with Gasteiger partial charge in [0.25, 0.3) is 11.7 Å². The number of halogens is 3. The Morgan fingerprint density at radius 3 is 2.47 bits per heavy atom. The highest BCUT2D eigenvalue weighted by atomic mass is 32.2. The Labute approximate surface area is 223 Å². The summed E-state index contributed by atoms with van der Waals surface area (Å²) >= 11 is 1.18. The van der Waals surface area contributed by atoms with Gasteiger partial charge >= 0.3 is 0 Å². The van der Waals surface area contributed by atoms with Gasteiger partial charge in [0.1, 0.15) is 24.0 Å². The maximum atomic E-state index is 14.9. The minimum absolute atomic E-state index is 0.0171. The molecule has 2 N–H and O–H groups in total. The van der Waals surface area contributed by atoms with Crippen molar-refractivity contribution in [3.8, 4) is 0 Å². The fourth-order valence-electron chi connectivity index (χ4n) is 4.10. The summed E-state index contributed by atoms with van der Waals surface area (Å²) in [5.74, 6) is -4.73. The SMILES string of the molecule is Cc1cc(C(N)=O)ncc1C(SCCC1(CCOCc2ccccc2)OC=CO1)c1c(F)ccc(F)c1F. The largest absolute Gasteiger partial charge is 0.457 e. The zero-order valence-electron chi connectivity index (χ0n) is 20.7. The van der Waals surface area contributed by atoms with Crippen LogP contribution in [0.2, 0.25) is 0 Å². The van der Waals surface area contributed by atoms with Crippen LogP contribution in [0.1, 0.15) is 50.8 Å². The molecule has 0 bridgehead atoms. The third-order valence-electron chi connectivity index (χ3n) is 6.16. The lowest BCUT2D eigenvalue weighted by molar-refractivity contribution is -0.157. The number of nitrogens with two attached hydrogens (primary N) is 1. The maximum Gasteiger partial charge on any atom is 0.267 e. The van der Waals surface area contributed by atoms with E-state index < -0.39 is 40.0 Å². The van der Waals surface area contributed by atoms with E-state index in [0.29, 0.717) is 42.9 Å². The van der Waals surface area contributed by atoms with Crippen molar-refractivity contribution in [1.82, 2.24) is 4.98 Å². The molecular formula is C28H27F3N2O4S. The van der Waals surface area contributed by atoms with Gasteiger partial charge in [0.2, 0.25) is 0 Å². The number of benzene rings is 2. The van der Waals surface area contributed by atoms with E-state index in [9.17, 15) is 18.0 Å². The first-order chi connectivity index (χ1) is 18.3. The predicted octanol–water partition coefficient (Wildman–Crippen LogP) is 5.94. The summed E-state index contributed by atoms with van der Waals surface area (Å²) in [5.41, 5.74) is 6.90. The molecule has 2 heterocycles. The van der Waals surface area contributed by atoms with Crippen molar-refractivity contribution in [2.45, 2.75) is 37.4 Å². The molecule has 0 radical (unpaired) electrons. The second-order valence-corrected chi connectivity index (χ2v) is 9.97. The van der Waals surface area contributed by atoms with E-state index in [1.54, 1.807) is 6.92 Å². The van der Waals surface area contributed by atoms with E-state index in [-0.39, 0.29) is 5.69 Å². The van der Waals surface area contributed by atoms with Crippen LogP contribution in [0.25, 0.3) is 0 Å². The third kappa shape index (κ3) is 6.49. The van der Waals surface area contributed by atoms with Crippen LogP contribution >= 0.6 is 11.8 Å². The number of hydrogen-bond acceptors (Lipinski definition) is 6. The number of amides is 1. The van der Waals surface area contributed by atoms with Gasteiger partial charge in [-0.25, -0.2) is 13.2 Å². The highest BCUT2D eigenvalue weighted by Gasteiger charge is 2.36. The fraction of sp³-hybridized carbons (Fsp3) is 0.286. The van der Waals surface area contributed by atoms with Crippen molar-refractivity contribution >= 4 is 17.7 Å². The van der Waals surface area contributed by atoms with Crippen molar-refractivity contribution in [2.75, 3.05) is 12.4 Å². The lowest BCUT2D eigenvalue weighted by Crippen LogP contribution is -2.32. The van der Waals surface area contributed by atoms with Gasteiger partial charge in [-0.15, -0.1) is 11.8 Å². The number of nitrogens with zero attached hydrogens (tertiary/aromatic N) is 1. The summed E-state index contributed by atoms with van der Waals surface area (Å²) in [7, 11) is 0. The first-order valence-electron chi connectivity index (χ1n) is 11.9. The highest BCUT2D eigenvalue weighted by Crippen LogP contribution is 2.42. The predicted molar refractivity (Wildman–Crippen MR) is 137 cm³/mol. The second-order valence-electron chi connectivity index (χ2n) is 8.75. The Morgan fingerprint density at radius 2 is 1.79 bits per heavy atom. The van der Waals surface area contributed by atoms with Crippen LogP contribution < -0.4 is 5.73 Å². The molecule has 0 fully saturated rings. The quantitative estimate of drug-likeness (QED) is 0.224. The van der Waals surface area contributed by atoms with E-state index in [2.05, 4.69) is 4.98 Å². The normalized spacial score (nSPS) is 14.6. The van der Waals surface area contributed by atoms with E-state index in [1.165, 1.54) is 36.5 Å². The number of thioether (sulfide) groups is 1. The number of hydrogen-bond donors (Lipinski definition) is 1. The zero-order chi connectivity index (χ0) is 27.1. The Bertz CT molecular complexity index is 1300. The van der Waals surface area contributed by atoms with E-state index in [0.717, 1.165) is 17.7 Å². The summed E-state index contributed by atoms with van der Waals surface area (Å²) < 4.78 is 61.2. The minimum atomic E-state index is -1.28. The summed E-state index contributed by atoms with van der Waals surface area (Å²) in [4.78, 5) is 15.6. The average Bonchev–Trinajstić information content (AvgIpc) is 3.37. The summed E-state index contributed by atoms with van der Waals surface area (Å²) in [5, 5.41) is -0.958. The molecule has 10 heteroatoms. The van der Waals surface area contributed by atoms with E-state index in [1.807, 2.05) is 30.3 Å². The zero-order valence-corrected chi connectivity index (χ0v) is 21.5. The molecule has 0 saturated carbocycles. The lowest BCUT2D eigenvalue weighted by Gasteiger charge is -2.29. The number of rotatable bonds is 12. The van der Waals surface area contributed by atoms with Crippen LogP contribution in [0.3, 0.4) is 0 Å². The molecule has 4 rings (SSSR count). The number of aryl methyl sites for hydroxylation is 1. The van der Waals surface area contributed by atoms with Gasteiger partial charge in [-0.3, -0.25) is 9.78 Å². The molecule has 1 aliphatic rings. The average molecular weight is 545 g/mol. The molecule has 1 unspecified atom stereocenters. The number of carbonyl (C=O) groups excluding carboxylic acids is 1. The van der Waals surface area contributed by atoms with Crippen molar-refractivity contribution in [1.29, 1.82) is 0 Å². The molecule has 0 aliphatic carbocycles. The van der Waals surface area contributed by atoms with Crippen LogP contribution in [0.5, 0.6) is 0 Å². The molecule has 6 nitrogen and oxygen atoms in total. The number of carbonyl (C=O) groups is 1. The smallest absolute Gasteiger partial charge is 0.267 e. The number of primary amides is 1. The molecule has 38 heavy (non-hydrogen) atoms. The molecule has 1 atom stereocenters. The Morgan fingerprint density at radius 1 is 1.08 bits per heavy atom. The van der Waals surface area contributed by atoms with Crippen molar-refractivity contribution in [3.63, 3.8) is 0 Å². The van der Waals surface area contributed by atoms with Crippen LogP contribution in [0, 0.1) is 24.4 Å². The lowest BCUT2D eigenvalue weighted by atomic mass is 10.00. The Balaban J connectivity index is 1.49. The molecule has 1 aliphatic heterocycles. The minimum Gasteiger partial charge on any atom is -0.457 e. The summed E-state index contributed by atoms with van der Waals surface area (Å²) in [6, 6.07) is 12.8. The standard InChI is InChI=1S/C28H27F3N2O4S/c1-18-15-23(27(32)34)33-16-20(18)26(24-21(29)7-8-22(30)25(24)31)38-14-10-28(36-12-13-37-28)9-11-35-17-19-5-3-2-4-6-19/h2-8,12-13,15-16,26H,9-11,14,17H2,1H3,(H2,32,34). The molecule has 2 aromatic carbocycles. The van der Waals surface area contributed by atoms with Gasteiger partial charge < -0.3 is 19.9 Å². The Hall–Kier alpha value is -3.50. The summed E-state index contributed by atoms with van der Waals surface area (Å²) in [6.07, 6.45) is 4.99. The van der Waals surface area contributed by atoms with Crippen LogP contribution in [-0.4, -0.2) is 29.0 Å². The number of pyridine rings is 1. The monoisotopic (exact) mass is 544 g/mol. The molecule has 3 aromatic rings. The maximum absolute atomic E-state index is 14.9. The highest BCUT2D eigenvalue weighted by molar-refractivity contribution is 7.99. The summed E-state index contributed by atoms with van der Waals surface area (Å²) in [6.45, 7) is 2.47. The van der Waals surface area contributed by atoms with Crippen molar-refractivity contribution < 1.29 is 32.2 Å². The number of ether oxygens (including phenoxy) is 3. The van der Waals surface area contributed by atoms with E-state index >= 15 is 0 Å². The van der Waals surface area contributed by atoms with Gasteiger partial charge in [-0.05, 0) is 41.8 Å². The van der Waals surface area contributed by atoms with E-state index in [4.69, 9.17) is 19.9 Å². The van der Waals surface area contributed by atoms with Crippen LogP contribution in [0.4, 0.5) is 13.2 Å². The first-order valence-corrected chi connectivity index (χ1v) is 13.0. The van der Waals surface area contributed by atoms with Gasteiger partial charge in [0.05, 0.1) is 18.5 Å². The van der Waals surface area contributed by atoms with Gasteiger partial charge in [-0.1, -0.05) is 30.3 Å². The first kappa shape index (κ1) is 27.5. The van der Waals surface area contributed by atoms with Gasteiger partial charge in [0.15, 0.2) is 11.6 Å². The molecule has 1 amide bonds. The van der Waals surface area contributed by atoms with Crippen molar-refractivity contribution in [3.05, 3.63) is 113 Å². The van der Waals surface area contributed by atoms with Crippen LogP contribution in [-0.2, 0) is 20.8 Å². The number of aromatic nitrogens is 1. The van der Waals surface area contributed by atoms with Gasteiger partial charge in [0, 0.05) is 30.4 Å². The molecule has 200 valence electrons.